The number of likely N-dealkylation sites (N-methyl/N-ethyl adjacent to an activating group) is 1. The fourth-order valence-corrected chi connectivity index (χ4v) is 3.38. The highest BCUT2D eigenvalue weighted by atomic mass is 16.3. The normalized spacial score (nSPS) is 16.2. The number of aromatic nitrogens is 2. The summed E-state index contributed by atoms with van der Waals surface area (Å²) in [7, 11) is 1.78. The number of carbonyl (C=O) groups excluding carboxylic acids is 1. The largest absolute Gasteiger partial charge is 0.380 e. The van der Waals surface area contributed by atoms with Gasteiger partial charge < -0.3 is 10.0 Å². The van der Waals surface area contributed by atoms with Crippen LogP contribution in [0.25, 0.3) is 11.3 Å². The molecule has 0 unspecified atom stereocenters. The molecule has 2 N–H and O–H groups in total. The van der Waals surface area contributed by atoms with Crippen LogP contribution in [0.5, 0.6) is 0 Å². The number of aryl methyl sites for hydroxylation is 1. The molecular weight excluding hydrogens is 302 g/mol. The van der Waals surface area contributed by atoms with E-state index < -0.39 is 5.60 Å². The Bertz CT molecular complexity index is 675. The van der Waals surface area contributed by atoms with E-state index in [0.29, 0.717) is 19.4 Å². The Balaban J connectivity index is 1.50. The van der Waals surface area contributed by atoms with Crippen LogP contribution in [0.1, 0.15) is 37.8 Å². The number of H-pyrrole nitrogens is 1. The van der Waals surface area contributed by atoms with E-state index in [4.69, 9.17) is 0 Å². The van der Waals surface area contributed by atoms with Crippen molar-refractivity contribution in [3.63, 3.8) is 0 Å². The molecular formula is C19H25N3O2. The lowest BCUT2D eigenvalue weighted by molar-refractivity contribution is -0.149. The molecule has 0 radical (unpaired) electrons. The lowest BCUT2D eigenvalue weighted by Gasteiger charge is -2.27. The molecule has 2 aromatic rings. The molecule has 0 spiro atoms. The zero-order valence-electron chi connectivity index (χ0n) is 14.2. The highest BCUT2D eigenvalue weighted by Crippen LogP contribution is 2.31. The molecule has 1 aliphatic rings. The minimum absolute atomic E-state index is 0.130. The van der Waals surface area contributed by atoms with Gasteiger partial charge in [0.05, 0.1) is 5.69 Å². The first-order valence-corrected chi connectivity index (χ1v) is 8.66. The molecule has 24 heavy (non-hydrogen) atoms. The van der Waals surface area contributed by atoms with E-state index in [1.807, 2.05) is 30.3 Å². The van der Waals surface area contributed by atoms with Crippen molar-refractivity contribution >= 4 is 5.91 Å². The summed E-state index contributed by atoms with van der Waals surface area (Å²) < 4.78 is 0. The highest BCUT2D eigenvalue weighted by Gasteiger charge is 2.40. The van der Waals surface area contributed by atoms with Crippen molar-refractivity contribution in [3.8, 4) is 11.3 Å². The van der Waals surface area contributed by atoms with Crippen LogP contribution in [0.3, 0.4) is 0 Å². The molecule has 1 aromatic carbocycles. The molecule has 1 saturated carbocycles. The van der Waals surface area contributed by atoms with Crippen molar-refractivity contribution in [2.75, 3.05) is 13.6 Å². The fraction of sp³-hybridized carbons (Fsp3) is 0.474. The first-order valence-electron chi connectivity index (χ1n) is 8.66. The molecule has 5 heteroatoms. The highest BCUT2D eigenvalue weighted by molar-refractivity contribution is 5.85. The van der Waals surface area contributed by atoms with E-state index in [-0.39, 0.29) is 5.91 Å². The molecule has 0 atom stereocenters. The Morgan fingerprint density at radius 2 is 2.00 bits per heavy atom. The average molecular weight is 327 g/mol. The van der Waals surface area contributed by atoms with E-state index in [2.05, 4.69) is 16.3 Å². The molecule has 1 amide bonds. The Morgan fingerprint density at radius 1 is 1.29 bits per heavy atom. The van der Waals surface area contributed by atoms with E-state index in [0.717, 1.165) is 42.6 Å². The number of benzene rings is 1. The maximum atomic E-state index is 12.4. The minimum atomic E-state index is -1.12. The van der Waals surface area contributed by atoms with E-state index in [1.165, 1.54) is 0 Å². The smallest absolute Gasteiger partial charge is 0.254 e. The Morgan fingerprint density at radius 3 is 2.71 bits per heavy atom. The summed E-state index contributed by atoms with van der Waals surface area (Å²) in [6.45, 7) is 0.640. The third kappa shape index (κ3) is 3.67. The number of amides is 1. The van der Waals surface area contributed by atoms with Crippen molar-refractivity contribution < 1.29 is 9.90 Å². The summed E-state index contributed by atoms with van der Waals surface area (Å²) in [5.41, 5.74) is 1.98. The maximum Gasteiger partial charge on any atom is 0.254 e. The number of carbonyl (C=O) groups is 1. The van der Waals surface area contributed by atoms with Gasteiger partial charge in [-0.05, 0) is 44.6 Å². The van der Waals surface area contributed by atoms with Gasteiger partial charge in [0.2, 0.25) is 0 Å². The van der Waals surface area contributed by atoms with E-state index >= 15 is 0 Å². The second kappa shape index (κ2) is 7.18. The molecule has 1 heterocycles. The van der Waals surface area contributed by atoms with Gasteiger partial charge in [0.1, 0.15) is 5.60 Å². The second-order valence-corrected chi connectivity index (χ2v) is 6.71. The van der Waals surface area contributed by atoms with Crippen LogP contribution in [-0.4, -0.2) is 45.3 Å². The Hall–Kier alpha value is -2.14. The van der Waals surface area contributed by atoms with Gasteiger partial charge in [0.25, 0.3) is 5.91 Å². The summed E-state index contributed by atoms with van der Waals surface area (Å²) in [5.74, 6) is -0.130. The maximum absolute atomic E-state index is 12.4. The van der Waals surface area contributed by atoms with Crippen LogP contribution >= 0.6 is 0 Å². The Kier molecular flexibility index (Phi) is 5.00. The zero-order chi connectivity index (χ0) is 17.0. The van der Waals surface area contributed by atoms with Crippen molar-refractivity contribution in [3.05, 3.63) is 42.1 Å². The topological polar surface area (TPSA) is 69.2 Å². The standard InChI is InChI=1S/C19H25N3O2/c1-22(18(23)19(24)11-5-6-12-19)13-7-10-16-14-17(21-20-16)15-8-3-2-4-9-15/h2-4,8-9,14,24H,5-7,10-13H2,1H3,(H,20,21). The Labute approximate surface area is 142 Å². The van der Waals surface area contributed by atoms with Gasteiger partial charge >= 0.3 is 0 Å². The molecule has 5 nitrogen and oxygen atoms in total. The van der Waals surface area contributed by atoms with Gasteiger partial charge in [-0.15, -0.1) is 0 Å². The number of hydrogen-bond donors (Lipinski definition) is 2. The van der Waals surface area contributed by atoms with Crippen molar-refractivity contribution in [1.82, 2.24) is 15.1 Å². The number of nitrogens with zero attached hydrogens (tertiary/aromatic N) is 2. The van der Waals surface area contributed by atoms with Crippen LogP contribution in [0, 0.1) is 0 Å². The van der Waals surface area contributed by atoms with Crippen LogP contribution in [0.2, 0.25) is 0 Å². The van der Waals surface area contributed by atoms with Gasteiger partial charge in [-0.25, -0.2) is 0 Å². The zero-order valence-corrected chi connectivity index (χ0v) is 14.2. The lowest BCUT2D eigenvalue weighted by Crippen LogP contribution is -2.46. The molecule has 1 fully saturated rings. The monoisotopic (exact) mass is 327 g/mol. The first-order chi connectivity index (χ1) is 11.6. The number of rotatable bonds is 6. The summed E-state index contributed by atoms with van der Waals surface area (Å²) in [6.07, 6.45) is 4.73. The number of nitrogens with one attached hydrogen (secondary N) is 1. The van der Waals surface area contributed by atoms with Crippen molar-refractivity contribution in [2.45, 2.75) is 44.1 Å². The van der Waals surface area contributed by atoms with Gasteiger partial charge in [-0.2, -0.15) is 5.10 Å². The third-order valence-electron chi connectivity index (χ3n) is 4.82. The first kappa shape index (κ1) is 16.7. The molecule has 0 saturated heterocycles. The van der Waals surface area contributed by atoms with Gasteiger partial charge in [-0.1, -0.05) is 30.3 Å². The second-order valence-electron chi connectivity index (χ2n) is 6.71. The molecule has 1 aliphatic carbocycles. The molecule has 0 bridgehead atoms. The third-order valence-corrected chi connectivity index (χ3v) is 4.82. The van der Waals surface area contributed by atoms with Crippen molar-refractivity contribution in [2.24, 2.45) is 0 Å². The van der Waals surface area contributed by atoms with Crippen LogP contribution in [0.4, 0.5) is 0 Å². The molecule has 3 rings (SSSR count). The van der Waals surface area contributed by atoms with Gasteiger partial charge in [0, 0.05) is 24.8 Å². The lowest BCUT2D eigenvalue weighted by atomic mass is 10.0. The number of hydrogen-bond acceptors (Lipinski definition) is 3. The molecule has 128 valence electrons. The van der Waals surface area contributed by atoms with Crippen molar-refractivity contribution in [1.29, 1.82) is 0 Å². The van der Waals surface area contributed by atoms with Gasteiger partial charge in [0.15, 0.2) is 0 Å². The van der Waals surface area contributed by atoms with Gasteiger partial charge in [-0.3, -0.25) is 9.89 Å². The number of aliphatic hydroxyl groups is 1. The van der Waals surface area contributed by atoms with E-state index in [9.17, 15) is 9.90 Å². The fourth-order valence-electron chi connectivity index (χ4n) is 3.38. The molecule has 1 aromatic heterocycles. The quantitative estimate of drug-likeness (QED) is 0.857. The molecule has 0 aliphatic heterocycles. The summed E-state index contributed by atoms with van der Waals surface area (Å²) in [5, 5.41) is 17.8. The van der Waals surface area contributed by atoms with Crippen LogP contribution in [-0.2, 0) is 11.2 Å². The summed E-state index contributed by atoms with van der Waals surface area (Å²) in [4.78, 5) is 14.0. The number of aromatic amines is 1. The SMILES string of the molecule is CN(CCCc1cc(-c2ccccc2)n[nH]1)C(=O)C1(O)CCCC1. The predicted molar refractivity (Wildman–Crippen MR) is 93.4 cm³/mol. The summed E-state index contributed by atoms with van der Waals surface area (Å²) in [6, 6.07) is 12.1. The summed E-state index contributed by atoms with van der Waals surface area (Å²) >= 11 is 0. The van der Waals surface area contributed by atoms with Crippen LogP contribution < -0.4 is 0 Å². The predicted octanol–water partition coefficient (Wildman–Crippen LogP) is 2.77. The van der Waals surface area contributed by atoms with E-state index in [1.54, 1.807) is 11.9 Å². The average Bonchev–Trinajstić information content (AvgIpc) is 3.25. The van der Waals surface area contributed by atoms with Crippen LogP contribution in [0.15, 0.2) is 36.4 Å². The minimum Gasteiger partial charge on any atom is -0.380 e.